The number of thiophene rings is 1. The Morgan fingerprint density at radius 1 is 1.14 bits per heavy atom. The first kappa shape index (κ1) is 23.9. The van der Waals surface area contributed by atoms with Crippen LogP contribution in [0.2, 0.25) is 0 Å². The standard InChI is InChI=1S/C27H34N4O3S/c1-34-21-13-7-9-18(15-21)22-17-35-24-23(22)29-27(30-26(24)33)31-14-8-10-19(16-31)25(32)28-20-11-5-3-2-4-6-12-20/h7,9,13,15,17,19-20H,2-6,8,10-12,14,16H2,1H3,(H,28,32)(H,29,30,33)/t19-/m1/s1. The van der Waals surface area contributed by atoms with Crippen LogP contribution in [0, 0.1) is 5.92 Å². The molecule has 1 aliphatic heterocycles. The number of methoxy groups -OCH3 is 1. The molecule has 2 aromatic heterocycles. The molecular weight excluding hydrogens is 460 g/mol. The van der Waals surface area contributed by atoms with Crippen LogP contribution in [0.4, 0.5) is 5.95 Å². The lowest BCUT2D eigenvalue weighted by Crippen LogP contribution is -2.46. The monoisotopic (exact) mass is 494 g/mol. The quantitative estimate of drug-likeness (QED) is 0.515. The van der Waals surface area contributed by atoms with Crippen LogP contribution in [0.25, 0.3) is 21.3 Å². The summed E-state index contributed by atoms with van der Waals surface area (Å²) < 4.78 is 5.99. The summed E-state index contributed by atoms with van der Waals surface area (Å²) in [7, 11) is 1.64. The van der Waals surface area contributed by atoms with Gasteiger partial charge in [-0.15, -0.1) is 11.3 Å². The van der Waals surface area contributed by atoms with E-state index in [-0.39, 0.29) is 17.4 Å². The van der Waals surface area contributed by atoms with E-state index >= 15 is 0 Å². The van der Waals surface area contributed by atoms with E-state index < -0.39 is 0 Å². The first-order valence-electron chi connectivity index (χ1n) is 12.8. The van der Waals surface area contributed by atoms with Crippen molar-refractivity contribution in [3.63, 3.8) is 0 Å². The highest BCUT2D eigenvalue weighted by atomic mass is 32.1. The summed E-state index contributed by atoms with van der Waals surface area (Å²) in [5.74, 6) is 1.38. The number of anilines is 1. The normalized spacial score (nSPS) is 19.8. The molecule has 7 nitrogen and oxygen atoms in total. The molecule has 0 radical (unpaired) electrons. The fourth-order valence-corrected chi connectivity index (χ4v) is 6.27. The van der Waals surface area contributed by atoms with Gasteiger partial charge in [0.1, 0.15) is 10.4 Å². The zero-order chi connectivity index (χ0) is 24.2. The topological polar surface area (TPSA) is 87.3 Å². The maximum absolute atomic E-state index is 13.1. The molecule has 1 saturated carbocycles. The molecule has 8 heteroatoms. The van der Waals surface area contributed by atoms with E-state index in [9.17, 15) is 9.59 Å². The molecule has 1 atom stereocenters. The highest BCUT2D eigenvalue weighted by Crippen LogP contribution is 2.34. The van der Waals surface area contributed by atoms with E-state index in [0.29, 0.717) is 28.8 Å². The Kier molecular flexibility index (Phi) is 7.37. The van der Waals surface area contributed by atoms with Crippen molar-refractivity contribution in [2.75, 3.05) is 25.1 Å². The van der Waals surface area contributed by atoms with Gasteiger partial charge < -0.3 is 15.0 Å². The predicted octanol–water partition coefficient (Wildman–Crippen LogP) is 5.11. The van der Waals surface area contributed by atoms with Gasteiger partial charge in [0.05, 0.1) is 18.5 Å². The van der Waals surface area contributed by atoms with Crippen LogP contribution in [-0.2, 0) is 4.79 Å². The molecule has 186 valence electrons. The number of amides is 1. The van der Waals surface area contributed by atoms with E-state index in [4.69, 9.17) is 9.72 Å². The van der Waals surface area contributed by atoms with Gasteiger partial charge >= 0.3 is 0 Å². The van der Waals surface area contributed by atoms with Crippen LogP contribution in [-0.4, -0.2) is 42.1 Å². The van der Waals surface area contributed by atoms with Crippen molar-refractivity contribution < 1.29 is 9.53 Å². The third kappa shape index (κ3) is 5.37. The average Bonchev–Trinajstić information content (AvgIpc) is 3.30. The number of carbonyl (C=O) groups is 1. The zero-order valence-electron chi connectivity index (χ0n) is 20.3. The summed E-state index contributed by atoms with van der Waals surface area (Å²) in [6.07, 6.45) is 10.2. The fraction of sp³-hybridized carbons (Fsp3) is 0.519. The Bertz CT molecular complexity index is 1230. The van der Waals surface area contributed by atoms with Crippen LogP contribution in [0.15, 0.2) is 34.4 Å². The van der Waals surface area contributed by atoms with Gasteiger partial charge in [0.2, 0.25) is 11.9 Å². The lowest BCUT2D eigenvalue weighted by molar-refractivity contribution is -0.126. The minimum atomic E-state index is -0.134. The van der Waals surface area contributed by atoms with Crippen LogP contribution in [0.3, 0.4) is 0 Å². The zero-order valence-corrected chi connectivity index (χ0v) is 21.2. The number of H-pyrrole nitrogens is 1. The molecule has 3 heterocycles. The molecule has 1 aromatic carbocycles. The Morgan fingerprint density at radius 2 is 1.94 bits per heavy atom. The summed E-state index contributed by atoms with van der Waals surface area (Å²) in [5, 5.41) is 5.32. The van der Waals surface area contributed by atoms with E-state index in [1.807, 2.05) is 29.6 Å². The number of hydrogen-bond acceptors (Lipinski definition) is 6. The number of nitrogens with one attached hydrogen (secondary N) is 2. The van der Waals surface area contributed by atoms with Crippen molar-refractivity contribution in [3.05, 3.63) is 40.0 Å². The Hall–Kier alpha value is -2.87. The lowest BCUT2D eigenvalue weighted by atomic mass is 9.94. The van der Waals surface area contributed by atoms with Gasteiger partial charge in [0, 0.05) is 30.1 Å². The number of ether oxygens (including phenoxy) is 1. The van der Waals surface area contributed by atoms with Gasteiger partial charge in [0.25, 0.3) is 5.56 Å². The van der Waals surface area contributed by atoms with Crippen molar-refractivity contribution in [2.45, 2.75) is 63.8 Å². The molecular formula is C27H34N4O3S. The molecule has 35 heavy (non-hydrogen) atoms. The van der Waals surface area contributed by atoms with Crippen molar-refractivity contribution in [1.82, 2.24) is 15.3 Å². The number of piperidine rings is 1. The van der Waals surface area contributed by atoms with Crippen LogP contribution in [0.5, 0.6) is 5.75 Å². The Balaban J connectivity index is 1.35. The summed E-state index contributed by atoms with van der Waals surface area (Å²) >= 11 is 1.40. The number of fused-ring (bicyclic) bond motifs is 1. The van der Waals surface area contributed by atoms with Gasteiger partial charge in [-0.1, -0.05) is 44.2 Å². The minimum absolute atomic E-state index is 0.0875. The van der Waals surface area contributed by atoms with E-state index in [0.717, 1.165) is 49.1 Å². The second kappa shape index (κ2) is 10.8. The predicted molar refractivity (Wildman–Crippen MR) is 141 cm³/mol. The molecule has 2 fully saturated rings. The molecule has 1 saturated heterocycles. The van der Waals surface area contributed by atoms with Crippen LogP contribution in [0.1, 0.15) is 57.8 Å². The maximum atomic E-state index is 13.1. The lowest BCUT2D eigenvalue weighted by Gasteiger charge is -2.33. The molecule has 3 aromatic rings. The third-order valence-corrected chi connectivity index (χ3v) is 8.31. The first-order valence-corrected chi connectivity index (χ1v) is 13.7. The van der Waals surface area contributed by atoms with E-state index in [1.165, 1.54) is 43.4 Å². The molecule has 1 amide bonds. The Morgan fingerprint density at radius 3 is 2.74 bits per heavy atom. The highest BCUT2D eigenvalue weighted by molar-refractivity contribution is 7.17. The minimum Gasteiger partial charge on any atom is -0.497 e. The van der Waals surface area contributed by atoms with Crippen molar-refractivity contribution in [1.29, 1.82) is 0 Å². The summed E-state index contributed by atoms with van der Waals surface area (Å²) in [4.78, 5) is 36.0. The molecule has 0 spiro atoms. The van der Waals surface area contributed by atoms with E-state index in [1.54, 1.807) is 7.11 Å². The molecule has 0 bridgehead atoms. The summed E-state index contributed by atoms with van der Waals surface area (Å²) in [6.45, 7) is 1.35. The SMILES string of the molecule is COc1cccc(-c2csc3c(=O)[nH]c(N4CCC[C@@H](C(=O)NC5CCCCCCC5)C4)nc23)c1. The summed E-state index contributed by atoms with van der Waals surface area (Å²) in [5.41, 5.74) is 2.45. The number of benzene rings is 1. The van der Waals surface area contributed by atoms with Crippen molar-refractivity contribution in [3.8, 4) is 16.9 Å². The third-order valence-electron chi connectivity index (χ3n) is 7.34. The summed E-state index contributed by atoms with van der Waals surface area (Å²) in [6, 6.07) is 8.10. The van der Waals surface area contributed by atoms with Gasteiger partial charge in [-0.05, 0) is 43.4 Å². The molecule has 2 N–H and O–H groups in total. The van der Waals surface area contributed by atoms with Gasteiger partial charge in [-0.25, -0.2) is 4.98 Å². The molecule has 1 aliphatic carbocycles. The van der Waals surface area contributed by atoms with Crippen molar-refractivity contribution in [2.24, 2.45) is 5.92 Å². The Labute approximate surface area is 209 Å². The second-order valence-electron chi connectivity index (χ2n) is 9.78. The smallest absolute Gasteiger partial charge is 0.270 e. The maximum Gasteiger partial charge on any atom is 0.270 e. The highest BCUT2D eigenvalue weighted by Gasteiger charge is 2.29. The number of aromatic amines is 1. The second-order valence-corrected chi connectivity index (χ2v) is 10.7. The van der Waals surface area contributed by atoms with Gasteiger partial charge in [0.15, 0.2) is 0 Å². The molecule has 0 unspecified atom stereocenters. The number of rotatable bonds is 5. The fourth-order valence-electron chi connectivity index (χ4n) is 5.36. The average molecular weight is 495 g/mol. The largest absolute Gasteiger partial charge is 0.497 e. The van der Waals surface area contributed by atoms with Crippen molar-refractivity contribution >= 4 is 33.4 Å². The number of nitrogens with zero attached hydrogens (tertiary/aromatic N) is 2. The number of carbonyl (C=O) groups excluding carboxylic acids is 1. The molecule has 5 rings (SSSR count). The first-order chi connectivity index (χ1) is 17.1. The number of hydrogen-bond donors (Lipinski definition) is 2. The van der Waals surface area contributed by atoms with E-state index in [2.05, 4.69) is 15.2 Å². The van der Waals surface area contributed by atoms with Gasteiger partial charge in [-0.2, -0.15) is 0 Å². The van der Waals surface area contributed by atoms with Gasteiger partial charge in [-0.3, -0.25) is 14.6 Å². The van der Waals surface area contributed by atoms with Crippen LogP contribution >= 0.6 is 11.3 Å². The number of aromatic nitrogens is 2. The van der Waals surface area contributed by atoms with Crippen LogP contribution < -0.4 is 20.5 Å². The molecule has 2 aliphatic rings.